The van der Waals surface area contributed by atoms with Gasteiger partial charge in [0.2, 0.25) is 0 Å². The molecule has 1 saturated heterocycles. The molecule has 1 aromatic rings. The Bertz CT molecular complexity index is 377. The third kappa shape index (κ3) is 4.03. The van der Waals surface area contributed by atoms with Crippen molar-refractivity contribution >= 4 is 17.7 Å². The summed E-state index contributed by atoms with van der Waals surface area (Å²) >= 11 is 1.93. The van der Waals surface area contributed by atoms with E-state index >= 15 is 0 Å². The number of carboxylic acid groups (broad SMARTS) is 1. The van der Waals surface area contributed by atoms with Gasteiger partial charge in [-0.05, 0) is 24.2 Å². The van der Waals surface area contributed by atoms with Crippen LogP contribution in [0.2, 0.25) is 0 Å². The Labute approximate surface area is 112 Å². The fraction of sp³-hybridized carbons (Fsp3) is 0.500. The predicted molar refractivity (Wildman–Crippen MR) is 74.8 cm³/mol. The van der Waals surface area contributed by atoms with Gasteiger partial charge in [-0.3, -0.25) is 9.69 Å². The lowest BCUT2D eigenvalue weighted by molar-refractivity contribution is -0.139. The van der Waals surface area contributed by atoms with Gasteiger partial charge in [0.25, 0.3) is 0 Å². The summed E-state index contributed by atoms with van der Waals surface area (Å²) in [5.41, 5.74) is 1.19. The van der Waals surface area contributed by atoms with Crippen molar-refractivity contribution in [3.8, 4) is 0 Å². The van der Waals surface area contributed by atoms with E-state index in [2.05, 4.69) is 17.0 Å². The first-order chi connectivity index (χ1) is 8.75. The lowest BCUT2D eigenvalue weighted by Crippen LogP contribution is -2.41. The van der Waals surface area contributed by atoms with Crippen molar-refractivity contribution in [2.45, 2.75) is 25.4 Å². The molecule has 3 nitrogen and oxygen atoms in total. The van der Waals surface area contributed by atoms with Gasteiger partial charge in [-0.1, -0.05) is 30.3 Å². The maximum atomic E-state index is 11.0. The number of thioether (sulfide) groups is 1. The second-order valence-corrected chi connectivity index (χ2v) is 5.81. The Morgan fingerprint density at radius 1 is 1.39 bits per heavy atom. The van der Waals surface area contributed by atoms with E-state index in [0.717, 1.165) is 18.7 Å². The largest absolute Gasteiger partial charge is 0.480 e. The maximum Gasteiger partial charge on any atom is 0.317 e. The summed E-state index contributed by atoms with van der Waals surface area (Å²) in [6.45, 7) is 0.873. The first kappa shape index (κ1) is 13.4. The maximum absolute atomic E-state index is 11.0. The van der Waals surface area contributed by atoms with Gasteiger partial charge >= 0.3 is 5.97 Å². The summed E-state index contributed by atoms with van der Waals surface area (Å²) in [6.07, 6.45) is 2.31. The average molecular weight is 265 g/mol. The van der Waals surface area contributed by atoms with Crippen LogP contribution in [0.5, 0.6) is 0 Å². The highest BCUT2D eigenvalue weighted by Crippen LogP contribution is 2.23. The average Bonchev–Trinajstić information content (AvgIpc) is 2.40. The summed E-state index contributed by atoms with van der Waals surface area (Å²) < 4.78 is 0. The van der Waals surface area contributed by atoms with E-state index in [1.807, 2.05) is 30.0 Å². The lowest BCUT2D eigenvalue weighted by Gasteiger charge is -2.32. The van der Waals surface area contributed by atoms with Gasteiger partial charge < -0.3 is 5.11 Å². The van der Waals surface area contributed by atoms with Gasteiger partial charge in [0.15, 0.2) is 0 Å². The first-order valence-corrected chi connectivity index (χ1v) is 7.48. The molecule has 0 spiro atoms. The van der Waals surface area contributed by atoms with Crippen LogP contribution in [0.15, 0.2) is 30.3 Å². The van der Waals surface area contributed by atoms with Gasteiger partial charge in [0, 0.05) is 18.3 Å². The predicted octanol–water partition coefficient (Wildman–Crippen LogP) is 2.47. The molecule has 0 aromatic heterocycles. The van der Waals surface area contributed by atoms with Crippen LogP contribution in [-0.4, -0.2) is 40.1 Å². The highest BCUT2D eigenvalue weighted by molar-refractivity contribution is 7.99. The third-order valence-electron chi connectivity index (χ3n) is 3.22. The van der Waals surface area contributed by atoms with Crippen molar-refractivity contribution in [3.63, 3.8) is 0 Å². The molecule has 1 aliphatic rings. The van der Waals surface area contributed by atoms with Crippen LogP contribution in [-0.2, 0) is 11.3 Å². The number of benzene rings is 1. The molecule has 98 valence electrons. The van der Waals surface area contributed by atoms with E-state index in [0.29, 0.717) is 6.04 Å². The minimum atomic E-state index is -0.735. The molecule has 4 heteroatoms. The summed E-state index contributed by atoms with van der Waals surface area (Å²) in [4.78, 5) is 13.1. The van der Waals surface area contributed by atoms with E-state index < -0.39 is 5.97 Å². The molecule has 1 unspecified atom stereocenters. The van der Waals surface area contributed by atoms with Crippen LogP contribution in [0.1, 0.15) is 18.4 Å². The Kier molecular flexibility index (Phi) is 5.08. The Balaban J connectivity index is 2.02. The number of hydrogen-bond donors (Lipinski definition) is 1. The van der Waals surface area contributed by atoms with E-state index in [4.69, 9.17) is 5.11 Å². The van der Waals surface area contributed by atoms with E-state index in [1.165, 1.54) is 17.7 Å². The molecule has 0 saturated carbocycles. The van der Waals surface area contributed by atoms with Crippen LogP contribution in [0.4, 0.5) is 0 Å². The van der Waals surface area contributed by atoms with Crippen molar-refractivity contribution in [2.75, 3.05) is 18.1 Å². The molecular weight excluding hydrogens is 246 g/mol. The Hall–Kier alpha value is -1.00. The van der Waals surface area contributed by atoms with Crippen LogP contribution >= 0.6 is 11.8 Å². The molecule has 0 amide bonds. The van der Waals surface area contributed by atoms with E-state index in [9.17, 15) is 4.79 Å². The topological polar surface area (TPSA) is 40.5 Å². The molecule has 0 bridgehead atoms. The quantitative estimate of drug-likeness (QED) is 0.888. The van der Waals surface area contributed by atoms with Crippen molar-refractivity contribution in [1.29, 1.82) is 0 Å². The zero-order valence-electron chi connectivity index (χ0n) is 10.4. The number of aliphatic carboxylic acids is 1. The molecule has 1 aliphatic heterocycles. The van der Waals surface area contributed by atoms with Crippen molar-refractivity contribution < 1.29 is 9.90 Å². The van der Waals surface area contributed by atoms with Crippen LogP contribution in [0, 0.1) is 0 Å². The number of rotatable bonds is 5. The molecular formula is C14H19NO2S. The van der Waals surface area contributed by atoms with Gasteiger partial charge in [0.05, 0.1) is 6.54 Å². The van der Waals surface area contributed by atoms with Gasteiger partial charge in [-0.2, -0.15) is 11.8 Å². The highest BCUT2D eigenvalue weighted by Gasteiger charge is 2.23. The van der Waals surface area contributed by atoms with Gasteiger partial charge in [0.1, 0.15) is 0 Å². The standard InChI is InChI=1S/C14H19NO2S/c16-14(17)10-15(13-7-4-8-18-11-13)9-12-5-2-1-3-6-12/h1-3,5-6,13H,4,7-11H2,(H,16,17). The number of nitrogens with zero attached hydrogens (tertiary/aromatic N) is 1. The van der Waals surface area contributed by atoms with E-state index in [-0.39, 0.29) is 6.54 Å². The second kappa shape index (κ2) is 6.81. The van der Waals surface area contributed by atoms with Crippen LogP contribution in [0.3, 0.4) is 0 Å². The molecule has 2 rings (SSSR count). The molecule has 1 atom stereocenters. The van der Waals surface area contributed by atoms with Gasteiger partial charge in [-0.25, -0.2) is 0 Å². The van der Waals surface area contributed by atoms with Crippen LogP contribution in [0.25, 0.3) is 0 Å². The minimum absolute atomic E-state index is 0.139. The van der Waals surface area contributed by atoms with Crippen molar-refractivity contribution in [3.05, 3.63) is 35.9 Å². The van der Waals surface area contributed by atoms with E-state index in [1.54, 1.807) is 0 Å². The van der Waals surface area contributed by atoms with Crippen LogP contribution < -0.4 is 0 Å². The summed E-state index contributed by atoms with van der Waals surface area (Å²) in [6, 6.07) is 10.5. The monoisotopic (exact) mass is 265 g/mol. The second-order valence-electron chi connectivity index (χ2n) is 4.66. The van der Waals surface area contributed by atoms with Crippen molar-refractivity contribution in [2.24, 2.45) is 0 Å². The minimum Gasteiger partial charge on any atom is -0.480 e. The summed E-state index contributed by atoms with van der Waals surface area (Å²) in [5, 5.41) is 9.04. The zero-order valence-corrected chi connectivity index (χ0v) is 11.2. The summed E-state index contributed by atoms with van der Waals surface area (Å²) in [7, 11) is 0. The molecule has 1 aromatic carbocycles. The fourth-order valence-electron chi connectivity index (χ4n) is 2.32. The summed E-state index contributed by atoms with van der Waals surface area (Å²) in [5.74, 6) is 1.53. The Morgan fingerprint density at radius 2 is 2.17 bits per heavy atom. The molecule has 1 heterocycles. The third-order valence-corrected chi connectivity index (χ3v) is 4.42. The molecule has 0 radical (unpaired) electrons. The fourth-order valence-corrected chi connectivity index (χ4v) is 3.50. The Morgan fingerprint density at radius 3 is 2.78 bits per heavy atom. The zero-order chi connectivity index (χ0) is 12.8. The number of carboxylic acids is 1. The first-order valence-electron chi connectivity index (χ1n) is 6.33. The lowest BCUT2D eigenvalue weighted by atomic mass is 10.1. The normalized spacial score (nSPS) is 19.9. The molecule has 1 fully saturated rings. The van der Waals surface area contributed by atoms with Gasteiger partial charge in [-0.15, -0.1) is 0 Å². The molecule has 0 aliphatic carbocycles. The number of carbonyl (C=O) groups is 1. The SMILES string of the molecule is O=C(O)CN(Cc1ccccc1)C1CCCSC1. The number of hydrogen-bond acceptors (Lipinski definition) is 3. The smallest absolute Gasteiger partial charge is 0.317 e. The highest BCUT2D eigenvalue weighted by atomic mass is 32.2. The molecule has 1 N–H and O–H groups in total. The molecule has 18 heavy (non-hydrogen) atoms. The van der Waals surface area contributed by atoms with Crippen molar-refractivity contribution in [1.82, 2.24) is 4.90 Å².